The van der Waals surface area contributed by atoms with Gasteiger partial charge in [0.05, 0.1) is 29.8 Å². The van der Waals surface area contributed by atoms with E-state index in [9.17, 15) is 10.2 Å². The maximum Gasteiger partial charge on any atom is 0.245 e. The van der Waals surface area contributed by atoms with Crippen LogP contribution in [0.3, 0.4) is 0 Å². The van der Waals surface area contributed by atoms with E-state index in [1.807, 2.05) is 82.3 Å². The van der Waals surface area contributed by atoms with Crippen LogP contribution in [0.25, 0.3) is 22.0 Å². The zero-order valence-corrected chi connectivity index (χ0v) is 40.0. The fraction of sp³-hybridized carbons (Fsp3) is 0.418. The summed E-state index contributed by atoms with van der Waals surface area (Å²) in [6, 6.07) is 32.2. The Morgan fingerprint density at radius 1 is 0.896 bits per heavy atom. The molecule has 12 heteroatoms. The fourth-order valence-corrected chi connectivity index (χ4v) is 12.3. The number of aliphatic hydroxyl groups is 2. The predicted molar refractivity (Wildman–Crippen MR) is 264 cm³/mol. The summed E-state index contributed by atoms with van der Waals surface area (Å²) in [5, 5.41) is 25.7. The van der Waals surface area contributed by atoms with E-state index in [1.54, 1.807) is 34.8 Å². The molecule has 11 nitrogen and oxygen atoms in total. The second-order valence-electron chi connectivity index (χ2n) is 18.9. The molecule has 0 spiro atoms. The topological polar surface area (TPSA) is 140 Å². The highest BCUT2D eigenvalue weighted by Gasteiger charge is 2.66. The number of aromatic nitrogens is 1. The van der Waals surface area contributed by atoms with Crippen LogP contribution in [0.2, 0.25) is 0 Å². The summed E-state index contributed by atoms with van der Waals surface area (Å²) in [6.07, 6.45) is 10.7. The Bertz CT molecular complexity index is 2660. The number of pyridine rings is 1. The second kappa shape index (κ2) is 20.9. The van der Waals surface area contributed by atoms with Crippen molar-refractivity contribution in [2.45, 2.75) is 107 Å². The third kappa shape index (κ3) is 10.1. The molecule has 1 aromatic heterocycles. The lowest BCUT2D eigenvalue weighted by atomic mass is 9.55. The monoisotopic (exact) mass is 927 g/mol. The van der Waals surface area contributed by atoms with Gasteiger partial charge >= 0.3 is 0 Å². The molecule has 8 rings (SSSR count). The molecule has 0 unspecified atom stereocenters. The van der Waals surface area contributed by atoms with Gasteiger partial charge in [0.25, 0.3) is 0 Å². The van der Waals surface area contributed by atoms with Crippen molar-refractivity contribution in [1.82, 2.24) is 9.29 Å². The number of oxime groups is 1. The van der Waals surface area contributed by atoms with E-state index in [2.05, 4.69) is 48.0 Å². The minimum Gasteiger partial charge on any atom is -0.460 e. The molecule has 1 saturated carbocycles. The number of hydrogen-bond acceptors (Lipinski definition) is 10. The Morgan fingerprint density at radius 2 is 1.61 bits per heavy atom. The van der Waals surface area contributed by atoms with Gasteiger partial charge in [0.1, 0.15) is 27.7 Å². The number of unbranched alkanes of at least 4 members (excludes halogenated alkanes) is 2. The Kier molecular flexibility index (Phi) is 15.0. The van der Waals surface area contributed by atoms with E-state index < -0.39 is 33.4 Å². The van der Waals surface area contributed by atoms with Crippen molar-refractivity contribution in [2.24, 2.45) is 22.9 Å². The first-order valence-corrected chi connectivity index (χ1v) is 25.3. The van der Waals surface area contributed by atoms with E-state index in [-0.39, 0.29) is 55.4 Å². The van der Waals surface area contributed by atoms with Crippen LogP contribution < -0.4 is 9.47 Å². The molecule has 1 aliphatic heterocycles. The molecule has 0 amide bonds. The highest BCUT2D eigenvalue weighted by atomic mass is 32.2. The molecule has 354 valence electrons. The van der Waals surface area contributed by atoms with Crippen molar-refractivity contribution in [2.75, 3.05) is 26.4 Å². The average Bonchev–Trinajstić information content (AvgIpc) is 3.33. The number of hydrogen-bond donors (Lipinski definition) is 2. The quantitative estimate of drug-likeness (QED) is 0.0443. The van der Waals surface area contributed by atoms with Crippen molar-refractivity contribution < 1.29 is 37.7 Å². The first-order chi connectivity index (χ1) is 32.4. The maximum absolute atomic E-state index is 15.6. The summed E-state index contributed by atoms with van der Waals surface area (Å²) in [4.78, 5) is 11.0. The molecule has 3 aliphatic rings. The molecule has 0 bridgehead atoms. The van der Waals surface area contributed by atoms with E-state index in [4.69, 9.17) is 24.2 Å². The molecular weight excluding hydrogens is 863 g/mol. The Morgan fingerprint density at radius 3 is 2.33 bits per heavy atom. The molecule has 1 fully saturated rings. The largest absolute Gasteiger partial charge is 0.460 e. The zero-order chi connectivity index (χ0) is 47.2. The summed E-state index contributed by atoms with van der Waals surface area (Å²) in [5.41, 5.74) is 4.39. The third-order valence-corrected chi connectivity index (χ3v) is 15.2. The summed E-state index contributed by atoms with van der Waals surface area (Å²) in [5.74, 6) is -0.508. The molecule has 2 N–H and O–H groups in total. The van der Waals surface area contributed by atoms with Crippen molar-refractivity contribution in [3.63, 3.8) is 0 Å². The number of para-hydroxylation sites is 1. The van der Waals surface area contributed by atoms with Gasteiger partial charge in [-0.1, -0.05) is 97.7 Å². The fourth-order valence-electron chi connectivity index (χ4n) is 10.4. The van der Waals surface area contributed by atoms with Crippen LogP contribution in [0.4, 0.5) is 0 Å². The van der Waals surface area contributed by atoms with Crippen LogP contribution >= 0.6 is 0 Å². The molecule has 0 radical (unpaired) electrons. The Balaban J connectivity index is 1.34. The van der Waals surface area contributed by atoms with Crippen LogP contribution in [0.15, 0.2) is 144 Å². The van der Waals surface area contributed by atoms with Crippen molar-refractivity contribution in [3.05, 3.63) is 139 Å². The first kappa shape index (κ1) is 48.1. The standard InChI is InChI=1S/C55H65N3O8S/c1-6-31-58(67(61,62)49-23-15-20-40-21-16-30-56-53(40)49)50-37-47(57-66-54(3,4)5)45-35-41(19-11-13-32-59)44(22-12-14-33-60)51-46-36-43(28-29-48(46)65-55(50,52(45)51)63-34-7-2)64-42-26-24-39(25-27-42)38-17-9-8-10-18-38/h7-10,15-18,20-21,23-30,35-36,41,44,50-52,59-60H,2,6,11-14,19,22,31-34,37H2,1,3-5H3/t41-,44+,50-,51+,52+,55+/m0/s1. The zero-order valence-electron chi connectivity index (χ0n) is 39.2. The van der Waals surface area contributed by atoms with E-state index >= 15 is 8.42 Å². The number of ether oxygens (including phenoxy) is 3. The number of fused-ring (bicyclic) bond motifs is 3. The summed E-state index contributed by atoms with van der Waals surface area (Å²) < 4.78 is 54.0. The van der Waals surface area contributed by atoms with E-state index in [0.717, 1.165) is 47.9 Å². The van der Waals surface area contributed by atoms with Crippen LogP contribution in [-0.4, -0.2) is 77.4 Å². The van der Waals surface area contributed by atoms with Gasteiger partial charge in [0.2, 0.25) is 15.8 Å². The Hall–Kier alpha value is -5.37. The lowest BCUT2D eigenvalue weighted by molar-refractivity contribution is -0.251. The van der Waals surface area contributed by atoms with Gasteiger partial charge in [0.15, 0.2) is 0 Å². The van der Waals surface area contributed by atoms with Gasteiger partial charge in [0, 0.05) is 49.2 Å². The number of sulfonamides is 1. The summed E-state index contributed by atoms with van der Waals surface area (Å²) in [7, 11) is -4.29. The van der Waals surface area contributed by atoms with Crippen LogP contribution in [-0.2, 0) is 19.6 Å². The molecule has 2 heterocycles. The minimum atomic E-state index is -4.29. The molecule has 6 atom stereocenters. The van der Waals surface area contributed by atoms with Crippen LogP contribution in [0.5, 0.6) is 17.2 Å². The normalized spacial score (nSPS) is 23.0. The number of benzene rings is 4. The number of allylic oxidation sites excluding steroid dienone is 1. The van der Waals surface area contributed by atoms with Crippen molar-refractivity contribution in [1.29, 1.82) is 0 Å². The smallest absolute Gasteiger partial charge is 0.245 e. The second-order valence-corrected chi connectivity index (χ2v) is 20.8. The number of aliphatic hydroxyl groups excluding tert-OH is 2. The average molecular weight is 928 g/mol. The highest BCUT2D eigenvalue weighted by Crippen LogP contribution is 2.62. The third-order valence-electron chi connectivity index (χ3n) is 13.2. The van der Waals surface area contributed by atoms with Crippen molar-refractivity contribution in [3.8, 4) is 28.4 Å². The predicted octanol–water partition coefficient (Wildman–Crippen LogP) is 11.2. The van der Waals surface area contributed by atoms with Crippen LogP contribution in [0.1, 0.15) is 90.5 Å². The Labute approximate surface area is 396 Å². The van der Waals surface area contributed by atoms with Gasteiger partial charge in [-0.15, -0.1) is 6.58 Å². The maximum atomic E-state index is 15.6. The summed E-state index contributed by atoms with van der Waals surface area (Å²) in [6.45, 7) is 12.3. The molecule has 4 aromatic carbocycles. The van der Waals surface area contributed by atoms with Gasteiger partial charge in [-0.25, -0.2) is 8.42 Å². The SMILES string of the molecule is C=CCO[C@@]12Oc3ccc(Oc4ccc(-c5ccccc5)cc4)cc3[C@H]3[C@H](CCCCO)[C@@H](CCCCO)C=C(C(=NOC(C)(C)C)C[C@@H]1N(CCC)S(=O)(=O)c1cccc4cccnc14)[C@H]32. The minimum absolute atomic E-state index is 0.00390. The van der Waals surface area contributed by atoms with E-state index in [0.29, 0.717) is 53.1 Å². The first-order valence-electron chi connectivity index (χ1n) is 23.9. The van der Waals surface area contributed by atoms with Crippen LogP contribution in [0, 0.1) is 17.8 Å². The lowest BCUT2D eigenvalue weighted by Crippen LogP contribution is -2.70. The number of rotatable bonds is 20. The van der Waals surface area contributed by atoms with Crippen molar-refractivity contribution >= 4 is 26.6 Å². The highest BCUT2D eigenvalue weighted by molar-refractivity contribution is 7.89. The molecule has 67 heavy (non-hydrogen) atoms. The molecule has 2 aliphatic carbocycles. The van der Waals surface area contributed by atoms with Gasteiger partial charge < -0.3 is 29.3 Å². The lowest BCUT2D eigenvalue weighted by Gasteiger charge is -2.59. The van der Waals surface area contributed by atoms with Gasteiger partial charge in [-0.2, -0.15) is 4.31 Å². The molecule has 5 aromatic rings. The number of nitrogens with zero attached hydrogens (tertiary/aromatic N) is 3. The van der Waals surface area contributed by atoms with Gasteiger partial charge in [-0.05, 0) is 124 Å². The summed E-state index contributed by atoms with van der Waals surface area (Å²) >= 11 is 0. The molecular formula is C55H65N3O8S. The molecule has 0 saturated heterocycles. The van der Waals surface area contributed by atoms with Gasteiger partial charge in [-0.3, -0.25) is 4.98 Å². The van der Waals surface area contributed by atoms with E-state index in [1.165, 1.54) is 0 Å².